The van der Waals surface area contributed by atoms with E-state index in [4.69, 9.17) is 5.21 Å². The van der Waals surface area contributed by atoms with E-state index in [0.717, 1.165) is 18.1 Å². The zero-order chi connectivity index (χ0) is 9.26. The fourth-order valence-electron chi connectivity index (χ4n) is 3.01. The summed E-state index contributed by atoms with van der Waals surface area (Å²) in [5, 5.41) is 12.5. The van der Waals surface area contributed by atoms with Crippen LogP contribution in [0.1, 0.15) is 32.1 Å². The first-order chi connectivity index (χ1) is 6.36. The number of fused-ring (bicyclic) bond motifs is 3. The minimum Gasteiger partial charge on any atom is -0.411 e. The Hall–Kier alpha value is -0.790. The lowest BCUT2D eigenvalue weighted by atomic mass is 9.62. The summed E-state index contributed by atoms with van der Waals surface area (Å²) in [6.45, 7) is 3.77. The van der Waals surface area contributed by atoms with Gasteiger partial charge in [0.15, 0.2) is 0 Å². The maximum Gasteiger partial charge on any atom is 0.0638 e. The molecule has 1 N–H and O–H groups in total. The average molecular weight is 179 g/mol. The minimum atomic E-state index is 0.495. The van der Waals surface area contributed by atoms with Gasteiger partial charge in [-0.1, -0.05) is 11.2 Å². The Morgan fingerprint density at radius 2 is 2.08 bits per heavy atom. The van der Waals surface area contributed by atoms with E-state index in [9.17, 15) is 0 Å². The van der Waals surface area contributed by atoms with Crippen LogP contribution < -0.4 is 0 Å². The molecule has 13 heavy (non-hydrogen) atoms. The summed E-state index contributed by atoms with van der Waals surface area (Å²) < 4.78 is 0. The standard InChI is InChI=1S/C11H17NO/c1-2-3-10-8-4-6-9(7-5-8)11(10)12-13/h2,8-10,13H,1,3-7H2. The zero-order valence-electron chi connectivity index (χ0n) is 7.95. The first kappa shape index (κ1) is 8.79. The van der Waals surface area contributed by atoms with Crippen molar-refractivity contribution in [1.29, 1.82) is 0 Å². The second kappa shape index (κ2) is 3.52. The van der Waals surface area contributed by atoms with Crippen LogP contribution in [0.2, 0.25) is 0 Å². The van der Waals surface area contributed by atoms with Crippen LogP contribution in [0.4, 0.5) is 0 Å². The lowest BCUT2D eigenvalue weighted by Gasteiger charge is -2.42. The lowest BCUT2D eigenvalue weighted by Crippen LogP contribution is -2.40. The molecule has 72 valence electrons. The van der Waals surface area contributed by atoms with E-state index in [1.807, 2.05) is 6.08 Å². The zero-order valence-corrected chi connectivity index (χ0v) is 7.95. The van der Waals surface area contributed by atoms with Gasteiger partial charge < -0.3 is 5.21 Å². The van der Waals surface area contributed by atoms with E-state index in [-0.39, 0.29) is 0 Å². The molecule has 0 saturated heterocycles. The van der Waals surface area contributed by atoms with Crippen LogP contribution in [0, 0.1) is 17.8 Å². The van der Waals surface area contributed by atoms with Crippen molar-refractivity contribution in [3.63, 3.8) is 0 Å². The summed E-state index contributed by atoms with van der Waals surface area (Å²) in [6, 6.07) is 0. The Morgan fingerprint density at radius 3 is 2.62 bits per heavy atom. The van der Waals surface area contributed by atoms with Crippen LogP contribution in [-0.4, -0.2) is 10.9 Å². The molecule has 3 aliphatic rings. The molecule has 0 heterocycles. The van der Waals surface area contributed by atoms with Crippen molar-refractivity contribution in [3.05, 3.63) is 12.7 Å². The molecule has 3 rings (SSSR count). The summed E-state index contributed by atoms with van der Waals surface area (Å²) >= 11 is 0. The first-order valence-corrected chi connectivity index (χ1v) is 5.19. The van der Waals surface area contributed by atoms with Gasteiger partial charge in [-0.15, -0.1) is 6.58 Å². The Kier molecular flexibility index (Phi) is 2.38. The van der Waals surface area contributed by atoms with Crippen molar-refractivity contribution >= 4 is 5.71 Å². The van der Waals surface area contributed by atoms with E-state index in [1.165, 1.54) is 25.7 Å². The number of rotatable bonds is 2. The Balaban J connectivity index is 2.18. The minimum absolute atomic E-state index is 0.495. The van der Waals surface area contributed by atoms with Crippen molar-refractivity contribution in [2.75, 3.05) is 0 Å². The molecule has 0 aromatic rings. The van der Waals surface area contributed by atoms with E-state index < -0.39 is 0 Å². The number of allylic oxidation sites excluding steroid dienone is 1. The number of hydrogen-bond donors (Lipinski definition) is 1. The van der Waals surface area contributed by atoms with Gasteiger partial charge in [-0.2, -0.15) is 0 Å². The largest absolute Gasteiger partial charge is 0.411 e. The van der Waals surface area contributed by atoms with Crippen LogP contribution in [0.15, 0.2) is 17.8 Å². The molecule has 3 saturated carbocycles. The molecule has 0 spiro atoms. The third-order valence-corrected chi connectivity index (χ3v) is 3.68. The van der Waals surface area contributed by atoms with Gasteiger partial charge in [-0.05, 0) is 38.0 Å². The van der Waals surface area contributed by atoms with Crippen LogP contribution in [-0.2, 0) is 0 Å². The molecule has 2 nitrogen and oxygen atoms in total. The van der Waals surface area contributed by atoms with Crippen molar-refractivity contribution in [2.24, 2.45) is 22.9 Å². The van der Waals surface area contributed by atoms with Crippen LogP contribution in [0.5, 0.6) is 0 Å². The quantitative estimate of drug-likeness (QED) is 0.394. The Labute approximate surface area is 79.3 Å². The van der Waals surface area contributed by atoms with Crippen molar-refractivity contribution in [3.8, 4) is 0 Å². The molecule has 0 aliphatic heterocycles. The molecular weight excluding hydrogens is 162 g/mol. The molecule has 1 unspecified atom stereocenters. The SMILES string of the molecule is C=CCC1C(=NO)C2CCC1CC2. The predicted octanol–water partition coefficient (Wildman–Crippen LogP) is 2.83. The van der Waals surface area contributed by atoms with Crippen LogP contribution in [0.25, 0.3) is 0 Å². The second-order valence-corrected chi connectivity index (χ2v) is 4.27. The predicted molar refractivity (Wildman–Crippen MR) is 53.0 cm³/mol. The highest BCUT2D eigenvalue weighted by atomic mass is 16.4. The third-order valence-electron chi connectivity index (χ3n) is 3.68. The van der Waals surface area contributed by atoms with E-state index >= 15 is 0 Å². The molecule has 2 bridgehead atoms. The van der Waals surface area contributed by atoms with Gasteiger partial charge in [0.25, 0.3) is 0 Å². The molecule has 3 aliphatic carbocycles. The average Bonchev–Trinajstić information content (AvgIpc) is 2.20. The maximum absolute atomic E-state index is 8.96. The van der Waals surface area contributed by atoms with Crippen molar-refractivity contribution in [2.45, 2.75) is 32.1 Å². The molecule has 0 aromatic carbocycles. The van der Waals surface area contributed by atoms with Gasteiger partial charge in [-0.3, -0.25) is 0 Å². The van der Waals surface area contributed by atoms with E-state index in [0.29, 0.717) is 11.8 Å². The topological polar surface area (TPSA) is 32.6 Å². The molecule has 3 fully saturated rings. The fraction of sp³-hybridized carbons (Fsp3) is 0.727. The molecular formula is C11H17NO. The second-order valence-electron chi connectivity index (χ2n) is 4.27. The van der Waals surface area contributed by atoms with E-state index in [1.54, 1.807) is 0 Å². The smallest absolute Gasteiger partial charge is 0.0638 e. The van der Waals surface area contributed by atoms with E-state index in [2.05, 4.69) is 11.7 Å². The molecule has 0 radical (unpaired) electrons. The molecule has 2 heteroatoms. The number of hydrogen-bond acceptors (Lipinski definition) is 2. The summed E-state index contributed by atoms with van der Waals surface area (Å²) in [7, 11) is 0. The summed E-state index contributed by atoms with van der Waals surface area (Å²) in [4.78, 5) is 0. The van der Waals surface area contributed by atoms with Gasteiger partial charge in [0.1, 0.15) is 0 Å². The van der Waals surface area contributed by atoms with Gasteiger partial charge in [0, 0.05) is 11.8 Å². The molecule has 1 atom stereocenters. The maximum atomic E-state index is 8.96. The highest BCUT2D eigenvalue weighted by Crippen LogP contribution is 2.44. The summed E-state index contributed by atoms with van der Waals surface area (Å²) in [6.07, 6.45) is 8.05. The van der Waals surface area contributed by atoms with Crippen molar-refractivity contribution < 1.29 is 5.21 Å². The van der Waals surface area contributed by atoms with Gasteiger partial charge in [-0.25, -0.2) is 0 Å². The summed E-state index contributed by atoms with van der Waals surface area (Å²) in [5.41, 5.74) is 1.06. The highest BCUT2D eigenvalue weighted by molar-refractivity contribution is 5.90. The number of oxime groups is 1. The van der Waals surface area contributed by atoms with Gasteiger partial charge in [0.05, 0.1) is 5.71 Å². The van der Waals surface area contributed by atoms with Crippen LogP contribution >= 0.6 is 0 Å². The first-order valence-electron chi connectivity index (χ1n) is 5.19. The Morgan fingerprint density at radius 1 is 1.38 bits per heavy atom. The van der Waals surface area contributed by atoms with Crippen LogP contribution in [0.3, 0.4) is 0 Å². The van der Waals surface area contributed by atoms with Gasteiger partial charge >= 0.3 is 0 Å². The monoisotopic (exact) mass is 179 g/mol. The number of nitrogens with zero attached hydrogens (tertiary/aromatic N) is 1. The molecule has 0 aromatic heterocycles. The Bertz CT molecular complexity index is 226. The molecule has 0 amide bonds. The fourth-order valence-corrected chi connectivity index (χ4v) is 3.01. The highest BCUT2D eigenvalue weighted by Gasteiger charge is 2.40. The van der Waals surface area contributed by atoms with Crippen molar-refractivity contribution in [1.82, 2.24) is 0 Å². The van der Waals surface area contributed by atoms with Gasteiger partial charge in [0.2, 0.25) is 0 Å². The third kappa shape index (κ3) is 1.38. The normalized spacial score (nSPS) is 40.9. The summed E-state index contributed by atoms with van der Waals surface area (Å²) in [5.74, 6) is 1.82. The lowest BCUT2D eigenvalue weighted by molar-refractivity contribution is 0.207.